The lowest BCUT2D eigenvalue weighted by molar-refractivity contribution is 0.312. The van der Waals surface area contributed by atoms with Crippen LogP contribution in [0.5, 0.6) is 5.75 Å². The molecule has 2 bridgehead atoms. The summed E-state index contributed by atoms with van der Waals surface area (Å²) in [6.07, 6.45) is 6.72. The van der Waals surface area contributed by atoms with E-state index in [9.17, 15) is 5.11 Å². The third-order valence-corrected chi connectivity index (χ3v) is 6.61. The summed E-state index contributed by atoms with van der Waals surface area (Å²) in [4.78, 5) is 2.29. The smallest absolute Gasteiger partial charge is 0.167 e. The van der Waals surface area contributed by atoms with E-state index in [1.54, 1.807) is 6.07 Å². The number of benzene rings is 1. The van der Waals surface area contributed by atoms with Gasteiger partial charge in [0.1, 0.15) is 5.75 Å². The van der Waals surface area contributed by atoms with Crippen LogP contribution in [0.1, 0.15) is 37.8 Å². The van der Waals surface area contributed by atoms with Gasteiger partial charge in [-0.2, -0.15) is 0 Å². The van der Waals surface area contributed by atoms with Crippen LogP contribution in [0, 0.1) is 18.8 Å². The molecule has 0 saturated heterocycles. The molecule has 2 aliphatic carbocycles. The highest BCUT2D eigenvalue weighted by Crippen LogP contribution is 2.43. The molecular formula is C23H26N4O2. The molecule has 0 radical (unpaired) electrons. The molecule has 5 rings (SSSR count). The number of aromatic hydroxyl groups is 1. The van der Waals surface area contributed by atoms with E-state index in [0.717, 1.165) is 28.9 Å². The summed E-state index contributed by atoms with van der Waals surface area (Å²) >= 11 is 0. The van der Waals surface area contributed by atoms with E-state index in [0.29, 0.717) is 23.1 Å². The zero-order valence-electron chi connectivity index (χ0n) is 16.9. The number of hydrogen-bond acceptors (Lipinski definition) is 6. The Labute approximate surface area is 170 Å². The average Bonchev–Trinajstić information content (AvgIpc) is 3.32. The van der Waals surface area contributed by atoms with Gasteiger partial charge < -0.3 is 14.5 Å². The Balaban J connectivity index is 1.34. The van der Waals surface area contributed by atoms with Crippen molar-refractivity contribution in [3.05, 3.63) is 42.1 Å². The first-order chi connectivity index (χ1) is 14.1. The van der Waals surface area contributed by atoms with E-state index < -0.39 is 0 Å². The number of phenolic OH excluding ortho intramolecular Hbond substituents is 1. The molecule has 0 spiro atoms. The predicted molar refractivity (Wildman–Crippen MR) is 112 cm³/mol. The fourth-order valence-corrected chi connectivity index (χ4v) is 5.03. The van der Waals surface area contributed by atoms with E-state index in [1.165, 1.54) is 32.1 Å². The normalized spacial score (nSPS) is 23.3. The quantitative estimate of drug-likeness (QED) is 0.688. The van der Waals surface area contributed by atoms with E-state index in [1.807, 2.05) is 37.3 Å². The lowest BCUT2D eigenvalue weighted by atomic mass is 9.85. The van der Waals surface area contributed by atoms with E-state index in [4.69, 9.17) is 4.52 Å². The third-order valence-electron chi connectivity index (χ3n) is 6.61. The van der Waals surface area contributed by atoms with Gasteiger partial charge in [0.2, 0.25) is 0 Å². The minimum Gasteiger partial charge on any atom is -0.507 e. The van der Waals surface area contributed by atoms with Crippen LogP contribution >= 0.6 is 0 Å². The molecule has 2 fully saturated rings. The molecule has 6 nitrogen and oxygen atoms in total. The first-order valence-corrected chi connectivity index (χ1v) is 10.4. The van der Waals surface area contributed by atoms with Crippen molar-refractivity contribution >= 4 is 5.82 Å². The Morgan fingerprint density at radius 3 is 2.41 bits per heavy atom. The Hall–Kier alpha value is -2.89. The second-order valence-corrected chi connectivity index (χ2v) is 8.62. The van der Waals surface area contributed by atoms with Crippen LogP contribution in [0.15, 0.2) is 40.9 Å². The fourth-order valence-electron chi connectivity index (χ4n) is 5.03. The van der Waals surface area contributed by atoms with Gasteiger partial charge in [0, 0.05) is 30.3 Å². The van der Waals surface area contributed by atoms with Crippen LogP contribution in [0.2, 0.25) is 0 Å². The van der Waals surface area contributed by atoms with Crippen molar-refractivity contribution in [1.82, 2.24) is 15.4 Å². The molecule has 150 valence electrons. The second kappa shape index (κ2) is 7.17. The molecule has 3 atom stereocenters. The summed E-state index contributed by atoms with van der Waals surface area (Å²) in [6, 6.07) is 11.8. The molecule has 0 aliphatic heterocycles. The Kier molecular flexibility index (Phi) is 4.49. The third kappa shape index (κ3) is 3.48. The number of aryl methyl sites for hydroxylation is 1. The highest BCUT2D eigenvalue weighted by atomic mass is 16.5. The van der Waals surface area contributed by atoms with Crippen molar-refractivity contribution in [2.75, 3.05) is 11.9 Å². The Morgan fingerprint density at radius 2 is 1.79 bits per heavy atom. The van der Waals surface area contributed by atoms with Gasteiger partial charge in [-0.25, -0.2) is 0 Å². The van der Waals surface area contributed by atoms with Crippen LogP contribution in [0.4, 0.5) is 5.82 Å². The van der Waals surface area contributed by atoms with Gasteiger partial charge in [-0.3, -0.25) is 0 Å². The predicted octanol–water partition coefficient (Wildman–Crippen LogP) is 4.83. The summed E-state index contributed by atoms with van der Waals surface area (Å²) in [6.45, 7) is 1.87. The zero-order chi connectivity index (χ0) is 20.0. The molecule has 1 aromatic carbocycles. The highest BCUT2D eigenvalue weighted by Gasteiger charge is 2.36. The first-order valence-electron chi connectivity index (χ1n) is 10.4. The summed E-state index contributed by atoms with van der Waals surface area (Å²) < 4.78 is 5.28. The zero-order valence-corrected chi connectivity index (χ0v) is 16.9. The van der Waals surface area contributed by atoms with Gasteiger partial charge in [-0.05, 0) is 62.3 Å². The van der Waals surface area contributed by atoms with Crippen LogP contribution in [-0.4, -0.2) is 33.6 Å². The van der Waals surface area contributed by atoms with Crippen molar-refractivity contribution in [2.45, 2.75) is 45.1 Å². The summed E-state index contributed by atoms with van der Waals surface area (Å²) in [5, 5.41) is 23.3. The first kappa shape index (κ1) is 18.2. The molecule has 0 amide bonds. The minimum absolute atomic E-state index is 0.149. The molecule has 29 heavy (non-hydrogen) atoms. The van der Waals surface area contributed by atoms with Crippen molar-refractivity contribution in [3.8, 4) is 28.3 Å². The molecule has 1 unspecified atom stereocenters. The molecule has 2 aliphatic rings. The molecule has 2 aromatic heterocycles. The van der Waals surface area contributed by atoms with Crippen LogP contribution in [0.3, 0.4) is 0 Å². The van der Waals surface area contributed by atoms with Gasteiger partial charge in [-0.1, -0.05) is 24.1 Å². The van der Waals surface area contributed by atoms with Gasteiger partial charge in [0.15, 0.2) is 11.6 Å². The summed E-state index contributed by atoms with van der Waals surface area (Å²) in [5.74, 6) is 3.45. The molecule has 1 N–H and O–H groups in total. The Morgan fingerprint density at radius 1 is 1.00 bits per heavy atom. The SMILES string of the molecule is Cc1cc(-c2ccc(-c3ccc(N(C)C4C[C@H]5CC[C@@H](C4)C5)nn3)c(O)c2)on1. The molecule has 2 heterocycles. The number of aromatic nitrogens is 3. The Bertz CT molecular complexity index is 1000. The largest absolute Gasteiger partial charge is 0.507 e. The highest BCUT2D eigenvalue weighted by molar-refractivity contribution is 5.72. The van der Waals surface area contributed by atoms with Crippen molar-refractivity contribution in [3.63, 3.8) is 0 Å². The van der Waals surface area contributed by atoms with Crippen LogP contribution in [0.25, 0.3) is 22.6 Å². The van der Waals surface area contributed by atoms with Crippen molar-refractivity contribution < 1.29 is 9.63 Å². The summed E-state index contributed by atoms with van der Waals surface area (Å²) in [5.41, 5.74) is 2.90. The van der Waals surface area contributed by atoms with E-state index >= 15 is 0 Å². The molecule has 6 heteroatoms. The maximum atomic E-state index is 10.5. The minimum atomic E-state index is 0.149. The second-order valence-electron chi connectivity index (χ2n) is 8.62. The number of anilines is 1. The molecule has 2 saturated carbocycles. The maximum absolute atomic E-state index is 10.5. The number of hydrogen-bond donors (Lipinski definition) is 1. The number of phenols is 1. The summed E-state index contributed by atoms with van der Waals surface area (Å²) in [7, 11) is 2.13. The lowest BCUT2D eigenvalue weighted by Gasteiger charge is -2.35. The number of nitrogens with zero attached hydrogens (tertiary/aromatic N) is 4. The lowest BCUT2D eigenvalue weighted by Crippen LogP contribution is -2.37. The number of rotatable bonds is 4. The molecule has 3 aromatic rings. The number of fused-ring (bicyclic) bond motifs is 2. The standard InChI is InChI=1S/C23H26N4O2/c1-14-9-22(29-26-14)17-5-6-19(21(28)13-17)20-7-8-23(25-24-20)27(2)18-11-15-3-4-16(10-15)12-18/h5-9,13,15-16,18,28H,3-4,10-12H2,1-2H3/t15-,16+,18?. The van der Waals surface area contributed by atoms with Gasteiger partial charge in [0.25, 0.3) is 0 Å². The van der Waals surface area contributed by atoms with Gasteiger partial charge in [-0.15, -0.1) is 10.2 Å². The fraction of sp³-hybridized carbons (Fsp3) is 0.435. The van der Waals surface area contributed by atoms with Gasteiger partial charge >= 0.3 is 0 Å². The van der Waals surface area contributed by atoms with Crippen molar-refractivity contribution in [2.24, 2.45) is 11.8 Å². The maximum Gasteiger partial charge on any atom is 0.167 e. The van der Waals surface area contributed by atoms with Gasteiger partial charge in [0.05, 0.1) is 11.4 Å². The van der Waals surface area contributed by atoms with E-state index in [2.05, 4.69) is 27.3 Å². The monoisotopic (exact) mass is 390 g/mol. The average molecular weight is 390 g/mol. The van der Waals surface area contributed by atoms with Crippen LogP contribution < -0.4 is 4.90 Å². The topological polar surface area (TPSA) is 75.3 Å². The van der Waals surface area contributed by atoms with Crippen LogP contribution in [-0.2, 0) is 0 Å². The van der Waals surface area contributed by atoms with E-state index in [-0.39, 0.29) is 5.75 Å². The molecular weight excluding hydrogens is 364 g/mol. The van der Waals surface area contributed by atoms with Crippen molar-refractivity contribution in [1.29, 1.82) is 0 Å².